The molecule has 0 spiro atoms. The van der Waals surface area contributed by atoms with E-state index in [1.165, 1.54) is 18.3 Å². The van der Waals surface area contributed by atoms with Crippen molar-refractivity contribution in [2.24, 2.45) is 4.99 Å². The number of carbonyl (C=O) groups excluding carboxylic acids is 3. The molecule has 176 valence electrons. The number of carbonyl (C=O) groups is 3. The SMILES string of the molecule is C=N/C=C\C=C(/C)C1(CCC(=O)N2CCN(c3ccc(Cl)c(F)c3)[C@@H](C)C2)NC(=O)NC1=O. The van der Waals surface area contributed by atoms with E-state index in [1.807, 2.05) is 11.8 Å². The molecule has 2 heterocycles. The highest BCUT2D eigenvalue weighted by Crippen LogP contribution is 2.28. The molecule has 1 unspecified atom stereocenters. The quantitative estimate of drug-likeness (QED) is 0.360. The summed E-state index contributed by atoms with van der Waals surface area (Å²) in [4.78, 5) is 44.8. The molecule has 2 N–H and O–H groups in total. The van der Waals surface area contributed by atoms with Crippen molar-refractivity contribution in [1.82, 2.24) is 15.5 Å². The number of hydrogen-bond acceptors (Lipinski definition) is 5. The summed E-state index contributed by atoms with van der Waals surface area (Å²) in [6, 6.07) is 4.05. The summed E-state index contributed by atoms with van der Waals surface area (Å²) in [5.74, 6) is -1.09. The van der Waals surface area contributed by atoms with Gasteiger partial charge in [0.1, 0.15) is 11.4 Å². The highest BCUT2D eigenvalue weighted by molar-refractivity contribution is 6.30. The predicted molar refractivity (Wildman–Crippen MR) is 126 cm³/mol. The molecule has 1 aromatic carbocycles. The van der Waals surface area contributed by atoms with Crippen LogP contribution in [0.4, 0.5) is 14.9 Å². The van der Waals surface area contributed by atoms with Crippen LogP contribution in [0.15, 0.2) is 47.1 Å². The first-order valence-electron chi connectivity index (χ1n) is 10.6. The first kappa shape index (κ1) is 24.4. The van der Waals surface area contributed by atoms with Gasteiger partial charge in [0, 0.05) is 44.0 Å². The van der Waals surface area contributed by atoms with Gasteiger partial charge in [0.25, 0.3) is 5.91 Å². The molecule has 0 bridgehead atoms. The third-order valence-corrected chi connectivity index (χ3v) is 6.39. The van der Waals surface area contributed by atoms with Gasteiger partial charge in [-0.1, -0.05) is 17.7 Å². The molecule has 4 amide bonds. The number of urea groups is 1. The number of benzene rings is 1. The van der Waals surface area contributed by atoms with E-state index in [9.17, 15) is 18.8 Å². The lowest BCUT2D eigenvalue weighted by Crippen LogP contribution is -2.54. The molecule has 2 atom stereocenters. The Balaban J connectivity index is 1.66. The molecular formula is C23H27ClFN5O3. The van der Waals surface area contributed by atoms with E-state index in [2.05, 4.69) is 22.3 Å². The van der Waals surface area contributed by atoms with Gasteiger partial charge in [-0.2, -0.15) is 0 Å². The molecular weight excluding hydrogens is 449 g/mol. The molecule has 0 aromatic heterocycles. The van der Waals surface area contributed by atoms with Crippen molar-refractivity contribution in [2.45, 2.75) is 38.3 Å². The van der Waals surface area contributed by atoms with Crippen LogP contribution in [-0.4, -0.2) is 60.7 Å². The van der Waals surface area contributed by atoms with E-state index in [0.29, 0.717) is 30.9 Å². The summed E-state index contributed by atoms with van der Waals surface area (Å²) >= 11 is 5.78. The molecule has 2 saturated heterocycles. The van der Waals surface area contributed by atoms with Crippen molar-refractivity contribution >= 4 is 41.9 Å². The highest BCUT2D eigenvalue weighted by Gasteiger charge is 2.47. The molecule has 1 aromatic rings. The second kappa shape index (κ2) is 10.2. The lowest BCUT2D eigenvalue weighted by molar-refractivity contribution is -0.132. The van der Waals surface area contributed by atoms with Crippen LogP contribution in [0.2, 0.25) is 5.02 Å². The molecule has 3 rings (SSSR count). The van der Waals surface area contributed by atoms with E-state index >= 15 is 0 Å². The smallest absolute Gasteiger partial charge is 0.322 e. The normalized spacial score (nSPS) is 23.6. The van der Waals surface area contributed by atoms with Crippen LogP contribution in [0, 0.1) is 5.82 Å². The lowest BCUT2D eigenvalue weighted by Gasteiger charge is -2.41. The Bertz CT molecular complexity index is 1030. The van der Waals surface area contributed by atoms with Crippen LogP contribution in [0.3, 0.4) is 0 Å². The Kier molecular flexibility index (Phi) is 7.53. The molecule has 10 heteroatoms. The van der Waals surface area contributed by atoms with E-state index < -0.39 is 23.3 Å². The van der Waals surface area contributed by atoms with Gasteiger partial charge in [-0.25, -0.2) is 9.18 Å². The van der Waals surface area contributed by atoms with E-state index in [1.54, 1.807) is 30.0 Å². The molecule has 0 radical (unpaired) electrons. The summed E-state index contributed by atoms with van der Waals surface area (Å²) in [5, 5.41) is 5.00. The standard InChI is InChI=1S/C23H27ClFN5O3/c1-15(5-4-10-26-3)23(21(32)27-22(33)28-23)9-8-20(31)29-11-12-30(16(2)14-29)17-6-7-18(24)19(25)13-17/h4-7,10,13,16H,3,8-9,11-12,14H2,1-2H3,(H2,27,28,32,33)/b10-4-,15-5+/t16-,23?/m0/s1. The third-order valence-electron chi connectivity index (χ3n) is 6.08. The van der Waals surface area contributed by atoms with Gasteiger partial charge in [-0.3, -0.25) is 19.9 Å². The van der Waals surface area contributed by atoms with Gasteiger partial charge in [0.05, 0.1) is 5.02 Å². The summed E-state index contributed by atoms with van der Waals surface area (Å²) in [6.45, 7) is 8.49. The number of rotatable bonds is 7. The molecule has 0 saturated carbocycles. The summed E-state index contributed by atoms with van der Waals surface area (Å²) in [6.07, 6.45) is 4.94. The van der Waals surface area contributed by atoms with Gasteiger partial charge < -0.3 is 15.1 Å². The third kappa shape index (κ3) is 5.24. The number of imide groups is 1. The van der Waals surface area contributed by atoms with Crippen LogP contribution in [-0.2, 0) is 9.59 Å². The summed E-state index contributed by atoms with van der Waals surface area (Å²) in [5.41, 5.74) is -0.00267. The Labute approximate surface area is 197 Å². The zero-order valence-electron chi connectivity index (χ0n) is 18.6. The molecule has 0 aliphatic carbocycles. The van der Waals surface area contributed by atoms with Crippen LogP contribution in [0.5, 0.6) is 0 Å². The van der Waals surface area contributed by atoms with Crippen LogP contribution in [0.1, 0.15) is 26.7 Å². The minimum atomic E-state index is -1.30. The molecule has 2 fully saturated rings. The minimum Gasteiger partial charge on any atom is -0.365 e. The first-order chi connectivity index (χ1) is 15.7. The number of piperazine rings is 1. The molecule has 8 nitrogen and oxygen atoms in total. The Morgan fingerprint density at radius 1 is 1.39 bits per heavy atom. The van der Waals surface area contributed by atoms with E-state index in [4.69, 9.17) is 11.6 Å². The van der Waals surface area contributed by atoms with Crippen molar-refractivity contribution in [2.75, 3.05) is 24.5 Å². The molecule has 2 aliphatic heterocycles. The topological polar surface area (TPSA) is 94.1 Å². The number of aliphatic imine (C=N–C) groups is 1. The minimum absolute atomic E-state index is 0.0371. The molecule has 33 heavy (non-hydrogen) atoms. The van der Waals surface area contributed by atoms with E-state index in [0.717, 1.165) is 0 Å². The number of allylic oxidation sites excluding steroid dienone is 2. The average Bonchev–Trinajstić information content (AvgIpc) is 3.08. The number of nitrogens with one attached hydrogen (secondary N) is 2. The van der Waals surface area contributed by atoms with Crippen molar-refractivity contribution in [3.05, 3.63) is 53.0 Å². The second-order valence-corrected chi connectivity index (χ2v) is 8.58. The summed E-state index contributed by atoms with van der Waals surface area (Å²) in [7, 11) is 0. The van der Waals surface area contributed by atoms with Crippen molar-refractivity contribution in [3.63, 3.8) is 0 Å². The van der Waals surface area contributed by atoms with Gasteiger partial charge in [-0.05, 0) is 56.8 Å². The first-order valence-corrected chi connectivity index (χ1v) is 11.0. The number of amides is 4. The van der Waals surface area contributed by atoms with Crippen LogP contribution < -0.4 is 15.5 Å². The second-order valence-electron chi connectivity index (χ2n) is 8.17. The monoisotopic (exact) mass is 475 g/mol. The zero-order valence-corrected chi connectivity index (χ0v) is 19.4. The van der Waals surface area contributed by atoms with Crippen molar-refractivity contribution in [1.29, 1.82) is 0 Å². The Hall–Kier alpha value is -3.20. The fourth-order valence-corrected chi connectivity index (χ4v) is 4.33. The van der Waals surface area contributed by atoms with Crippen molar-refractivity contribution in [3.8, 4) is 0 Å². The highest BCUT2D eigenvalue weighted by atomic mass is 35.5. The number of hydrogen-bond donors (Lipinski definition) is 2. The fourth-order valence-electron chi connectivity index (χ4n) is 4.22. The maximum absolute atomic E-state index is 13.9. The number of halogens is 2. The average molecular weight is 476 g/mol. The zero-order chi connectivity index (χ0) is 24.2. The van der Waals surface area contributed by atoms with E-state index in [-0.39, 0.29) is 29.8 Å². The van der Waals surface area contributed by atoms with Gasteiger partial charge in [-0.15, -0.1) is 0 Å². The predicted octanol–water partition coefficient (Wildman–Crippen LogP) is 3.04. The fraction of sp³-hybridized carbons (Fsp3) is 0.391. The van der Waals surface area contributed by atoms with Crippen LogP contribution >= 0.6 is 11.6 Å². The number of anilines is 1. The van der Waals surface area contributed by atoms with Crippen LogP contribution in [0.25, 0.3) is 0 Å². The maximum atomic E-state index is 13.9. The largest absolute Gasteiger partial charge is 0.365 e. The lowest BCUT2D eigenvalue weighted by atomic mass is 9.85. The van der Waals surface area contributed by atoms with Gasteiger partial charge in [0.2, 0.25) is 5.91 Å². The Morgan fingerprint density at radius 2 is 2.15 bits per heavy atom. The Morgan fingerprint density at radius 3 is 2.76 bits per heavy atom. The van der Waals surface area contributed by atoms with Gasteiger partial charge >= 0.3 is 6.03 Å². The van der Waals surface area contributed by atoms with Crippen molar-refractivity contribution < 1.29 is 18.8 Å². The maximum Gasteiger partial charge on any atom is 0.322 e. The van der Waals surface area contributed by atoms with Gasteiger partial charge in [0.15, 0.2) is 0 Å². The molecule has 2 aliphatic rings. The summed E-state index contributed by atoms with van der Waals surface area (Å²) < 4.78 is 13.9. The number of nitrogens with zero attached hydrogens (tertiary/aromatic N) is 3.